The molecule has 0 spiro atoms. The predicted octanol–water partition coefficient (Wildman–Crippen LogP) is 3.21. The van der Waals surface area contributed by atoms with Crippen molar-refractivity contribution in [3.8, 4) is 0 Å². The van der Waals surface area contributed by atoms with E-state index < -0.39 is 0 Å². The van der Waals surface area contributed by atoms with Gasteiger partial charge in [-0.15, -0.1) is 0 Å². The molecule has 0 aromatic carbocycles. The number of nitrogens with zero attached hydrogens (tertiary/aromatic N) is 2. The van der Waals surface area contributed by atoms with Gasteiger partial charge in [-0.05, 0) is 46.8 Å². The van der Waals surface area contributed by atoms with Crippen LogP contribution in [0.4, 0.5) is 0 Å². The number of hydrogen-bond donors (Lipinski definition) is 0. The summed E-state index contributed by atoms with van der Waals surface area (Å²) in [5, 5.41) is 1.22. The Bertz CT molecular complexity index is 471. The van der Waals surface area contributed by atoms with Crippen molar-refractivity contribution in [1.82, 2.24) is 9.55 Å². The van der Waals surface area contributed by atoms with Gasteiger partial charge in [-0.25, -0.2) is 4.98 Å². The zero-order chi connectivity index (χ0) is 9.54. The molecule has 0 atom stereocenters. The molecule has 14 heavy (non-hydrogen) atoms. The molecular weight excluding hydrogens is 240 g/mol. The van der Waals surface area contributed by atoms with Gasteiger partial charge in [0.25, 0.3) is 0 Å². The number of hydrogen-bond acceptors (Lipinski definition) is 1. The summed E-state index contributed by atoms with van der Waals surface area (Å²) >= 11 is 3.43. The quantitative estimate of drug-likeness (QED) is 0.801. The molecule has 0 N–H and O–H groups in total. The predicted molar refractivity (Wildman–Crippen MR) is 60.2 cm³/mol. The maximum absolute atomic E-state index is 4.44. The van der Waals surface area contributed by atoms with E-state index in [1.54, 1.807) is 0 Å². The fraction of sp³-hybridized carbons (Fsp3) is 0.364. The van der Waals surface area contributed by atoms with Crippen molar-refractivity contribution in [2.45, 2.75) is 19.4 Å². The van der Waals surface area contributed by atoms with Crippen LogP contribution in [0.1, 0.15) is 12.8 Å². The third-order valence-corrected chi connectivity index (χ3v) is 3.15. The third kappa shape index (κ3) is 1.46. The largest absolute Gasteiger partial charge is 0.332 e. The van der Waals surface area contributed by atoms with E-state index in [1.165, 1.54) is 18.2 Å². The number of halogens is 1. The molecule has 1 aliphatic rings. The molecule has 0 saturated heterocycles. The smallest absolute Gasteiger partial charge is 0.139 e. The highest BCUT2D eigenvalue weighted by molar-refractivity contribution is 9.10. The van der Waals surface area contributed by atoms with Gasteiger partial charge in [-0.2, -0.15) is 0 Å². The summed E-state index contributed by atoms with van der Waals surface area (Å²) in [4.78, 5) is 4.44. The van der Waals surface area contributed by atoms with Crippen molar-refractivity contribution >= 4 is 27.0 Å². The Kier molecular flexibility index (Phi) is 1.87. The zero-order valence-electron chi connectivity index (χ0n) is 7.78. The first-order valence-electron chi connectivity index (χ1n) is 4.93. The van der Waals surface area contributed by atoms with Gasteiger partial charge >= 0.3 is 0 Å². The molecule has 0 unspecified atom stereocenters. The molecule has 2 nitrogen and oxygen atoms in total. The summed E-state index contributed by atoms with van der Waals surface area (Å²) in [6.45, 7) is 1.14. The van der Waals surface area contributed by atoms with Crippen LogP contribution in [0.5, 0.6) is 0 Å². The van der Waals surface area contributed by atoms with E-state index in [0.29, 0.717) is 0 Å². The van der Waals surface area contributed by atoms with Crippen LogP contribution < -0.4 is 0 Å². The molecular formula is C11H11BrN2. The first-order chi connectivity index (χ1) is 6.83. The Labute approximate surface area is 91.1 Å². The zero-order valence-corrected chi connectivity index (χ0v) is 9.37. The Balaban J connectivity index is 2.06. The van der Waals surface area contributed by atoms with Gasteiger partial charge in [0.05, 0.1) is 0 Å². The molecule has 0 amide bonds. The maximum atomic E-state index is 4.44. The maximum Gasteiger partial charge on any atom is 0.139 e. The van der Waals surface area contributed by atoms with E-state index >= 15 is 0 Å². The first kappa shape index (κ1) is 8.48. The average Bonchev–Trinajstić information content (AvgIpc) is 2.89. The molecule has 0 aliphatic heterocycles. The number of aromatic nitrogens is 2. The van der Waals surface area contributed by atoms with Crippen LogP contribution >= 0.6 is 15.9 Å². The molecule has 3 rings (SSSR count). The van der Waals surface area contributed by atoms with E-state index in [2.05, 4.69) is 43.8 Å². The lowest BCUT2D eigenvalue weighted by Gasteiger charge is -2.02. The Morgan fingerprint density at radius 3 is 3.14 bits per heavy atom. The highest BCUT2D eigenvalue weighted by Gasteiger charge is 2.22. The van der Waals surface area contributed by atoms with E-state index in [4.69, 9.17) is 0 Å². The minimum Gasteiger partial charge on any atom is -0.332 e. The summed E-state index contributed by atoms with van der Waals surface area (Å²) in [5.41, 5.74) is 1.11. The lowest BCUT2D eigenvalue weighted by Crippen LogP contribution is -1.98. The van der Waals surface area contributed by atoms with Gasteiger partial charge in [0.1, 0.15) is 5.65 Å². The van der Waals surface area contributed by atoms with Gasteiger partial charge in [0.15, 0.2) is 0 Å². The molecule has 1 fully saturated rings. The fourth-order valence-corrected chi connectivity index (χ4v) is 2.13. The van der Waals surface area contributed by atoms with Crippen molar-refractivity contribution in [3.63, 3.8) is 0 Å². The van der Waals surface area contributed by atoms with Gasteiger partial charge in [-0.1, -0.05) is 0 Å². The Morgan fingerprint density at radius 1 is 1.50 bits per heavy atom. The SMILES string of the molecule is Brc1cnc2c(ccn2CC2CC2)c1. The second kappa shape index (κ2) is 3.09. The molecule has 2 aromatic heterocycles. The lowest BCUT2D eigenvalue weighted by molar-refractivity contribution is 0.643. The van der Waals surface area contributed by atoms with Gasteiger partial charge in [0, 0.05) is 28.8 Å². The molecule has 2 heterocycles. The number of rotatable bonds is 2. The minimum atomic E-state index is 0.899. The van der Waals surface area contributed by atoms with E-state index in [-0.39, 0.29) is 0 Å². The van der Waals surface area contributed by atoms with Crippen LogP contribution in [-0.4, -0.2) is 9.55 Å². The summed E-state index contributed by atoms with van der Waals surface area (Å²) < 4.78 is 3.31. The van der Waals surface area contributed by atoms with Crippen LogP contribution in [-0.2, 0) is 6.54 Å². The van der Waals surface area contributed by atoms with Gasteiger partial charge in [0.2, 0.25) is 0 Å². The van der Waals surface area contributed by atoms with Crippen molar-refractivity contribution in [2.24, 2.45) is 5.92 Å². The molecule has 1 aliphatic carbocycles. The Hall–Kier alpha value is -0.830. The first-order valence-corrected chi connectivity index (χ1v) is 5.72. The molecule has 1 saturated carbocycles. The topological polar surface area (TPSA) is 17.8 Å². The monoisotopic (exact) mass is 250 g/mol. The normalized spacial score (nSPS) is 16.4. The van der Waals surface area contributed by atoms with Crippen molar-refractivity contribution in [3.05, 3.63) is 29.0 Å². The Morgan fingerprint density at radius 2 is 2.36 bits per heavy atom. The lowest BCUT2D eigenvalue weighted by atomic mass is 10.3. The third-order valence-electron chi connectivity index (χ3n) is 2.72. The number of fused-ring (bicyclic) bond motifs is 1. The summed E-state index contributed by atoms with van der Waals surface area (Å²) in [5.74, 6) is 0.899. The summed E-state index contributed by atoms with van der Waals surface area (Å²) in [7, 11) is 0. The molecule has 72 valence electrons. The van der Waals surface area contributed by atoms with Crippen molar-refractivity contribution < 1.29 is 0 Å². The molecule has 0 radical (unpaired) electrons. The average molecular weight is 251 g/mol. The molecule has 0 bridgehead atoms. The second-order valence-corrected chi connectivity index (χ2v) is 4.89. The van der Waals surface area contributed by atoms with Crippen molar-refractivity contribution in [2.75, 3.05) is 0 Å². The van der Waals surface area contributed by atoms with Crippen LogP contribution in [0.3, 0.4) is 0 Å². The highest BCUT2D eigenvalue weighted by atomic mass is 79.9. The highest BCUT2D eigenvalue weighted by Crippen LogP contribution is 2.31. The van der Waals surface area contributed by atoms with Crippen LogP contribution in [0, 0.1) is 5.92 Å². The molecule has 2 aromatic rings. The standard InChI is InChI=1S/C11H11BrN2/c12-10-5-9-3-4-14(7-8-1-2-8)11(9)13-6-10/h3-6,8H,1-2,7H2. The fourth-order valence-electron chi connectivity index (χ4n) is 1.78. The van der Waals surface area contributed by atoms with Gasteiger partial charge < -0.3 is 4.57 Å². The van der Waals surface area contributed by atoms with Crippen LogP contribution in [0.25, 0.3) is 11.0 Å². The van der Waals surface area contributed by atoms with E-state index in [0.717, 1.165) is 22.6 Å². The van der Waals surface area contributed by atoms with Crippen molar-refractivity contribution in [1.29, 1.82) is 0 Å². The van der Waals surface area contributed by atoms with Crippen LogP contribution in [0.15, 0.2) is 29.0 Å². The second-order valence-electron chi connectivity index (χ2n) is 3.98. The summed E-state index contributed by atoms with van der Waals surface area (Å²) in [6, 6.07) is 4.25. The van der Waals surface area contributed by atoms with Crippen LogP contribution in [0.2, 0.25) is 0 Å². The van der Waals surface area contributed by atoms with E-state index in [9.17, 15) is 0 Å². The number of pyridine rings is 1. The van der Waals surface area contributed by atoms with E-state index in [1.807, 2.05) is 6.20 Å². The summed E-state index contributed by atoms with van der Waals surface area (Å²) in [6.07, 6.45) is 6.78. The molecule has 3 heteroatoms. The van der Waals surface area contributed by atoms with Gasteiger partial charge in [-0.3, -0.25) is 0 Å². The minimum absolute atomic E-state index is 0.899.